The summed E-state index contributed by atoms with van der Waals surface area (Å²) in [6.07, 6.45) is 0. The maximum absolute atomic E-state index is 12.7. The minimum atomic E-state index is -1.39. The normalized spacial score (nSPS) is 18.7. The first-order valence-corrected chi connectivity index (χ1v) is 8.97. The molecule has 28 heavy (non-hydrogen) atoms. The molecular formula is C20H9Cl2NO5. The number of ether oxygens (including phenoxy) is 2. The summed E-state index contributed by atoms with van der Waals surface area (Å²) in [6, 6.07) is 14.8. The number of fused-ring (bicyclic) bond motifs is 6. The van der Waals surface area contributed by atoms with E-state index in [4.69, 9.17) is 32.7 Å². The van der Waals surface area contributed by atoms with Crippen molar-refractivity contribution >= 4 is 34.9 Å². The van der Waals surface area contributed by atoms with E-state index in [1.165, 1.54) is 12.1 Å². The fraction of sp³-hybridized carbons (Fsp3) is 0.0500. The molecule has 0 fully saturated rings. The lowest BCUT2D eigenvalue weighted by molar-refractivity contribution is -0.385. The van der Waals surface area contributed by atoms with Crippen molar-refractivity contribution < 1.29 is 19.2 Å². The molecule has 8 heteroatoms. The maximum Gasteiger partial charge on any atom is 0.340 e. The summed E-state index contributed by atoms with van der Waals surface area (Å²) < 4.78 is 11.8. The molecule has 2 aliphatic heterocycles. The Morgan fingerprint density at radius 3 is 2.50 bits per heavy atom. The van der Waals surface area contributed by atoms with Gasteiger partial charge in [0.1, 0.15) is 10.8 Å². The predicted molar refractivity (Wildman–Crippen MR) is 101 cm³/mol. The summed E-state index contributed by atoms with van der Waals surface area (Å²) in [6.45, 7) is 0. The van der Waals surface area contributed by atoms with E-state index in [2.05, 4.69) is 0 Å². The number of benzene rings is 3. The van der Waals surface area contributed by atoms with Crippen LogP contribution in [0, 0.1) is 10.1 Å². The van der Waals surface area contributed by atoms with Crippen molar-refractivity contribution in [1.29, 1.82) is 0 Å². The zero-order valence-electron chi connectivity index (χ0n) is 13.9. The van der Waals surface area contributed by atoms with Gasteiger partial charge in [-0.25, -0.2) is 4.79 Å². The molecule has 0 bridgehead atoms. The fourth-order valence-corrected chi connectivity index (χ4v) is 4.22. The average molecular weight is 414 g/mol. The molecule has 0 N–H and O–H groups in total. The number of carbonyl (C=O) groups is 1. The minimum absolute atomic E-state index is 0.0724. The first-order valence-electron chi connectivity index (χ1n) is 8.21. The van der Waals surface area contributed by atoms with Crippen molar-refractivity contribution in [2.24, 2.45) is 0 Å². The summed E-state index contributed by atoms with van der Waals surface area (Å²) in [4.78, 5) is 23.7. The third-order valence-electron chi connectivity index (χ3n) is 4.95. The van der Waals surface area contributed by atoms with E-state index in [9.17, 15) is 14.9 Å². The van der Waals surface area contributed by atoms with Gasteiger partial charge in [0, 0.05) is 16.1 Å². The minimum Gasteiger partial charge on any atom is -0.449 e. The van der Waals surface area contributed by atoms with Crippen LogP contribution in [0.3, 0.4) is 0 Å². The summed E-state index contributed by atoms with van der Waals surface area (Å²) in [5.41, 5.74) is 0.0236. The van der Waals surface area contributed by atoms with Crippen molar-refractivity contribution in [2.75, 3.05) is 0 Å². The number of nitrogens with zero attached hydrogens (tertiary/aromatic N) is 1. The Hall–Kier alpha value is -3.09. The molecule has 2 aliphatic rings. The van der Waals surface area contributed by atoms with E-state index < -0.39 is 22.2 Å². The van der Waals surface area contributed by atoms with Gasteiger partial charge in [0.25, 0.3) is 0 Å². The van der Waals surface area contributed by atoms with Gasteiger partial charge in [-0.15, -0.1) is 0 Å². The van der Waals surface area contributed by atoms with Crippen LogP contribution in [0.1, 0.15) is 27.0 Å². The van der Waals surface area contributed by atoms with Crippen LogP contribution in [0.25, 0.3) is 0 Å². The lowest BCUT2D eigenvalue weighted by Crippen LogP contribution is -2.33. The first-order chi connectivity index (χ1) is 13.4. The number of rotatable bonds is 1. The van der Waals surface area contributed by atoms with E-state index in [1.807, 2.05) is 0 Å². The molecule has 3 aromatic rings. The molecule has 0 aromatic heterocycles. The average Bonchev–Trinajstić information content (AvgIpc) is 2.95. The number of carbonyl (C=O) groups excluding carboxylic acids is 1. The van der Waals surface area contributed by atoms with Crippen LogP contribution >= 0.6 is 23.2 Å². The Morgan fingerprint density at radius 2 is 1.71 bits per heavy atom. The quantitative estimate of drug-likeness (QED) is 0.300. The number of esters is 1. The van der Waals surface area contributed by atoms with Crippen molar-refractivity contribution in [3.8, 4) is 11.5 Å². The van der Waals surface area contributed by atoms with Gasteiger partial charge in [0.2, 0.25) is 5.75 Å². The lowest BCUT2D eigenvalue weighted by atomic mass is 9.77. The van der Waals surface area contributed by atoms with E-state index >= 15 is 0 Å². The number of nitro groups is 1. The zero-order valence-corrected chi connectivity index (χ0v) is 15.5. The first kappa shape index (κ1) is 17.0. The molecule has 6 nitrogen and oxygen atoms in total. The molecule has 0 radical (unpaired) electrons. The summed E-state index contributed by atoms with van der Waals surface area (Å²) in [5, 5.41) is 12.0. The van der Waals surface area contributed by atoms with Gasteiger partial charge in [0.05, 0.1) is 16.1 Å². The smallest absolute Gasteiger partial charge is 0.340 e. The van der Waals surface area contributed by atoms with Crippen LogP contribution in [0.4, 0.5) is 5.69 Å². The molecule has 138 valence electrons. The number of hydrogen-bond acceptors (Lipinski definition) is 5. The van der Waals surface area contributed by atoms with E-state index in [1.54, 1.807) is 42.5 Å². The molecule has 0 aliphatic carbocycles. The highest BCUT2D eigenvalue weighted by atomic mass is 35.5. The number of nitro benzene ring substituents is 1. The van der Waals surface area contributed by atoms with Crippen LogP contribution in [0.5, 0.6) is 11.5 Å². The Bertz CT molecular complexity index is 1210. The van der Waals surface area contributed by atoms with E-state index in [-0.39, 0.29) is 16.5 Å². The number of halogens is 2. The zero-order chi connectivity index (χ0) is 19.6. The van der Waals surface area contributed by atoms with E-state index in [0.29, 0.717) is 27.3 Å². The lowest BCUT2D eigenvalue weighted by Gasteiger charge is -2.36. The summed E-state index contributed by atoms with van der Waals surface area (Å²) in [7, 11) is 0. The van der Waals surface area contributed by atoms with Gasteiger partial charge in [-0.05, 0) is 36.4 Å². The van der Waals surface area contributed by atoms with Crippen molar-refractivity contribution in [3.63, 3.8) is 0 Å². The van der Waals surface area contributed by atoms with Gasteiger partial charge in [0.15, 0.2) is 5.60 Å². The van der Waals surface area contributed by atoms with Crippen LogP contribution < -0.4 is 4.74 Å². The molecule has 1 spiro atoms. The molecule has 0 saturated heterocycles. The highest BCUT2D eigenvalue weighted by molar-refractivity contribution is 6.33. The monoisotopic (exact) mass is 413 g/mol. The van der Waals surface area contributed by atoms with Gasteiger partial charge in [-0.1, -0.05) is 41.4 Å². The van der Waals surface area contributed by atoms with Crippen LogP contribution in [0.15, 0.2) is 54.6 Å². The van der Waals surface area contributed by atoms with Crippen molar-refractivity contribution in [3.05, 3.63) is 97.0 Å². The molecule has 2 heterocycles. The topological polar surface area (TPSA) is 78.7 Å². The fourth-order valence-electron chi connectivity index (χ4n) is 3.84. The van der Waals surface area contributed by atoms with Crippen LogP contribution in [-0.4, -0.2) is 10.9 Å². The molecule has 1 unspecified atom stereocenters. The number of hydrogen-bond donors (Lipinski definition) is 0. The second kappa shape index (κ2) is 5.70. The molecule has 1 atom stereocenters. The van der Waals surface area contributed by atoms with Gasteiger partial charge >= 0.3 is 11.7 Å². The molecular weight excluding hydrogens is 405 g/mol. The van der Waals surface area contributed by atoms with Crippen molar-refractivity contribution in [1.82, 2.24) is 0 Å². The highest BCUT2D eigenvalue weighted by Gasteiger charge is 2.55. The van der Waals surface area contributed by atoms with Crippen LogP contribution in [0.2, 0.25) is 10.0 Å². The SMILES string of the molecule is O=C1OC2(c3ccc(Cl)cc3Oc3c2ccc(Cl)c3[N+](=O)[O-])c2ccccc21. The predicted octanol–water partition coefficient (Wildman–Crippen LogP) is 5.47. The third-order valence-corrected chi connectivity index (χ3v) is 5.49. The van der Waals surface area contributed by atoms with Gasteiger partial charge in [-0.2, -0.15) is 0 Å². The Morgan fingerprint density at radius 1 is 0.964 bits per heavy atom. The van der Waals surface area contributed by atoms with Crippen molar-refractivity contribution in [2.45, 2.75) is 5.60 Å². The largest absolute Gasteiger partial charge is 0.449 e. The summed E-state index contributed by atoms with van der Waals surface area (Å²) >= 11 is 12.2. The standard InChI is InChI=1S/C20H9Cl2NO5/c21-10-5-6-13-16(9-10)27-18-14(7-8-15(22)17(18)23(25)26)20(13)12-4-2-1-3-11(12)19(24)28-20/h1-9H. The highest BCUT2D eigenvalue weighted by Crippen LogP contribution is 2.59. The van der Waals surface area contributed by atoms with Crippen LogP contribution in [-0.2, 0) is 10.3 Å². The Labute approximate surface area is 168 Å². The molecule has 0 saturated carbocycles. The third kappa shape index (κ3) is 2.07. The maximum atomic E-state index is 12.7. The molecule has 3 aromatic carbocycles. The van der Waals surface area contributed by atoms with E-state index in [0.717, 1.165) is 0 Å². The molecule has 5 rings (SSSR count). The second-order valence-corrected chi connectivity index (χ2v) is 7.23. The van der Waals surface area contributed by atoms with Gasteiger partial charge < -0.3 is 9.47 Å². The second-order valence-electron chi connectivity index (χ2n) is 6.39. The Balaban J connectivity index is 1.94. The Kier molecular flexibility index (Phi) is 3.47. The molecule has 0 amide bonds. The summed E-state index contributed by atoms with van der Waals surface area (Å²) in [5.74, 6) is -0.339. The van der Waals surface area contributed by atoms with Gasteiger partial charge in [-0.3, -0.25) is 10.1 Å².